The van der Waals surface area contributed by atoms with E-state index in [0.29, 0.717) is 24.0 Å². The van der Waals surface area contributed by atoms with Crippen molar-refractivity contribution in [1.29, 1.82) is 5.26 Å². The van der Waals surface area contributed by atoms with Gasteiger partial charge in [-0.05, 0) is 25.0 Å². The zero-order valence-corrected chi connectivity index (χ0v) is 12.3. The number of nitrogens with one attached hydrogen (secondary N) is 1. The Balaban J connectivity index is 1.97. The van der Waals surface area contributed by atoms with E-state index in [2.05, 4.69) is 11.4 Å². The summed E-state index contributed by atoms with van der Waals surface area (Å²) >= 11 is 0. The molecule has 1 aromatic rings. The molecular weight excluding hydrogens is 266 g/mol. The largest absolute Gasteiger partial charge is 0.495 e. The Morgan fingerprint density at radius 2 is 2.14 bits per heavy atom. The monoisotopic (exact) mass is 287 g/mol. The maximum Gasteiger partial charge on any atom is 0.238 e. The molecule has 0 aromatic heterocycles. The minimum Gasteiger partial charge on any atom is -0.495 e. The van der Waals surface area contributed by atoms with Crippen molar-refractivity contribution in [2.24, 2.45) is 0 Å². The Labute approximate surface area is 125 Å². The van der Waals surface area contributed by atoms with Gasteiger partial charge in [0.15, 0.2) is 0 Å². The van der Waals surface area contributed by atoms with Gasteiger partial charge in [-0.15, -0.1) is 0 Å². The lowest BCUT2D eigenvalue weighted by atomic mass is 10.2. The Morgan fingerprint density at radius 3 is 2.81 bits per heavy atom. The van der Waals surface area contributed by atoms with Gasteiger partial charge in [-0.1, -0.05) is 25.0 Å². The molecule has 0 bridgehead atoms. The second-order valence-electron chi connectivity index (χ2n) is 5.25. The highest BCUT2D eigenvalue weighted by molar-refractivity contribution is 5.93. The molecule has 0 heterocycles. The van der Waals surface area contributed by atoms with Crippen LogP contribution in [0, 0.1) is 11.3 Å². The van der Waals surface area contributed by atoms with Crippen molar-refractivity contribution in [2.75, 3.05) is 25.5 Å². The van der Waals surface area contributed by atoms with Gasteiger partial charge in [0.25, 0.3) is 0 Å². The van der Waals surface area contributed by atoms with Crippen molar-refractivity contribution in [3.05, 3.63) is 24.3 Å². The fourth-order valence-electron chi connectivity index (χ4n) is 2.80. The second-order valence-corrected chi connectivity index (χ2v) is 5.25. The lowest BCUT2D eigenvalue weighted by Crippen LogP contribution is -2.39. The molecule has 1 N–H and O–H groups in total. The first kappa shape index (κ1) is 15.3. The number of methoxy groups -OCH3 is 1. The molecule has 21 heavy (non-hydrogen) atoms. The van der Waals surface area contributed by atoms with Gasteiger partial charge >= 0.3 is 0 Å². The highest BCUT2D eigenvalue weighted by Gasteiger charge is 2.24. The van der Waals surface area contributed by atoms with Crippen molar-refractivity contribution in [3.8, 4) is 11.8 Å². The zero-order valence-electron chi connectivity index (χ0n) is 12.3. The molecular formula is C16H21N3O2. The van der Waals surface area contributed by atoms with Crippen molar-refractivity contribution in [3.63, 3.8) is 0 Å². The smallest absolute Gasteiger partial charge is 0.238 e. The number of para-hydroxylation sites is 2. The molecule has 0 atom stereocenters. The molecule has 0 unspecified atom stereocenters. The summed E-state index contributed by atoms with van der Waals surface area (Å²) in [7, 11) is 1.57. The predicted molar refractivity (Wildman–Crippen MR) is 81.1 cm³/mol. The van der Waals surface area contributed by atoms with Crippen LogP contribution in [0.15, 0.2) is 24.3 Å². The molecule has 5 heteroatoms. The molecule has 1 aliphatic rings. The van der Waals surface area contributed by atoms with Gasteiger partial charge in [-0.3, -0.25) is 9.69 Å². The van der Waals surface area contributed by atoms with Crippen molar-refractivity contribution in [1.82, 2.24) is 4.90 Å². The van der Waals surface area contributed by atoms with Crippen LogP contribution in [0.3, 0.4) is 0 Å². The summed E-state index contributed by atoms with van der Waals surface area (Å²) in [6, 6.07) is 9.83. The van der Waals surface area contributed by atoms with Crippen LogP contribution in [-0.4, -0.2) is 37.0 Å². The minimum absolute atomic E-state index is 0.110. The summed E-state index contributed by atoms with van der Waals surface area (Å²) in [5.74, 6) is 0.528. The van der Waals surface area contributed by atoms with Crippen molar-refractivity contribution >= 4 is 11.6 Å². The molecule has 1 amide bonds. The first-order valence-electron chi connectivity index (χ1n) is 7.28. The fourth-order valence-corrected chi connectivity index (χ4v) is 2.80. The van der Waals surface area contributed by atoms with E-state index in [1.54, 1.807) is 19.2 Å². The van der Waals surface area contributed by atoms with Crippen LogP contribution in [0.2, 0.25) is 0 Å². The normalized spacial score (nSPS) is 14.9. The Hall–Kier alpha value is -2.06. The van der Waals surface area contributed by atoms with E-state index in [1.165, 1.54) is 12.8 Å². The standard InChI is InChI=1S/C16H21N3O2/c1-21-15-9-5-4-8-14(15)18-16(20)12-19(11-10-17)13-6-2-3-7-13/h4-5,8-9,13H,2-3,6-7,11-12H2,1H3,(H,18,20). The molecule has 0 spiro atoms. The van der Waals surface area contributed by atoms with Gasteiger partial charge in [-0.2, -0.15) is 5.26 Å². The first-order chi connectivity index (χ1) is 10.2. The molecule has 0 aliphatic heterocycles. The molecule has 1 aromatic carbocycles. The van der Waals surface area contributed by atoms with Crippen LogP contribution in [0.1, 0.15) is 25.7 Å². The second kappa shape index (κ2) is 7.65. The van der Waals surface area contributed by atoms with Gasteiger partial charge in [-0.25, -0.2) is 0 Å². The van der Waals surface area contributed by atoms with Gasteiger partial charge < -0.3 is 10.1 Å². The number of benzene rings is 1. The SMILES string of the molecule is COc1ccccc1NC(=O)CN(CC#N)C1CCCC1. The number of nitrogens with zero attached hydrogens (tertiary/aromatic N) is 2. The fraction of sp³-hybridized carbons (Fsp3) is 0.500. The van der Waals surface area contributed by atoms with Gasteiger partial charge in [0, 0.05) is 6.04 Å². The van der Waals surface area contributed by atoms with Crippen LogP contribution in [0.5, 0.6) is 5.75 Å². The van der Waals surface area contributed by atoms with Crippen LogP contribution in [0.4, 0.5) is 5.69 Å². The maximum atomic E-state index is 12.2. The molecule has 1 aliphatic carbocycles. The van der Waals surface area contributed by atoms with E-state index in [0.717, 1.165) is 12.8 Å². The van der Waals surface area contributed by atoms with E-state index in [4.69, 9.17) is 10.00 Å². The average Bonchev–Trinajstić information content (AvgIpc) is 3.01. The maximum absolute atomic E-state index is 12.2. The number of carbonyl (C=O) groups is 1. The van der Waals surface area contributed by atoms with E-state index in [1.807, 2.05) is 17.0 Å². The number of nitriles is 1. The zero-order chi connectivity index (χ0) is 15.1. The van der Waals surface area contributed by atoms with Crippen molar-refractivity contribution < 1.29 is 9.53 Å². The van der Waals surface area contributed by atoms with E-state index in [9.17, 15) is 4.79 Å². The van der Waals surface area contributed by atoms with E-state index >= 15 is 0 Å². The third-order valence-corrected chi connectivity index (χ3v) is 3.84. The van der Waals surface area contributed by atoms with Gasteiger partial charge in [0.05, 0.1) is 32.0 Å². The van der Waals surface area contributed by atoms with Crippen LogP contribution in [-0.2, 0) is 4.79 Å². The van der Waals surface area contributed by atoms with Gasteiger partial charge in [0.2, 0.25) is 5.91 Å². The summed E-state index contributed by atoms with van der Waals surface area (Å²) in [4.78, 5) is 14.2. The summed E-state index contributed by atoms with van der Waals surface area (Å²) in [6.45, 7) is 0.542. The minimum atomic E-state index is -0.110. The average molecular weight is 287 g/mol. The summed E-state index contributed by atoms with van der Waals surface area (Å²) in [5, 5.41) is 11.8. The number of ether oxygens (including phenoxy) is 1. The Bertz CT molecular complexity index is 518. The number of rotatable bonds is 6. The number of amides is 1. The highest BCUT2D eigenvalue weighted by atomic mass is 16.5. The molecule has 0 radical (unpaired) electrons. The number of hydrogen-bond donors (Lipinski definition) is 1. The third-order valence-electron chi connectivity index (χ3n) is 3.84. The van der Waals surface area contributed by atoms with Crippen molar-refractivity contribution in [2.45, 2.75) is 31.7 Å². The Kier molecular flexibility index (Phi) is 5.59. The van der Waals surface area contributed by atoms with E-state index in [-0.39, 0.29) is 12.5 Å². The van der Waals surface area contributed by atoms with Crippen LogP contribution < -0.4 is 10.1 Å². The Morgan fingerprint density at radius 1 is 1.43 bits per heavy atom. The summed E-state index contributed by atoms with van der Waals surface area (Å²) in [5.41, 5.74) is 0.660. The summed E-state index contributed by atoms with van der Waals surface area (Å²) < 4.78 is 5.22. The van der Waals surface area contributed by atoms with Gasteiger partial charge in [0.1, 0.15) is 5.75 Å². The van der Waals surface area contributed by atoms with E-state index < -0.39 is 0 Å². The number of hydrogen-bond acceptors (Lipinski definition) is 4. The molecule has 1 fully saturated rings. The quantitative estimate of drug-likeness (QED) is 0.816. The number of carbonyl (C=O) groups excluding carboxylic acids is 1. The lowest BCUT2D eigenvalue weighted by Gasteiger charge is -2.25. The predicted octanol–water partition coefficient (Wildman–Crippen LogP) is 2.40. The number of anilines is 1. The molecule has 2 rings (SSSR count). The summed E-state index contributed by atoms with van der Waals surface area (Å²) in [6.07, 6.45) is 4.51. The van der Waals surface area contributed by atoms with Crippen LogP contribution in [0.25, 0.3) is 0 Å². The molecule has 112 valence electrons. The molecule has 0 saturated heterocycles. The molecule has 1 saturated carbocycles. The highest BCUT2D eigenvalue weighted by Crippen LogP contribution is 2.25. The lowest BCUT2D eigenvalue weighted by molar-refractivity contribution is -0.117. The van der Waals surface area contributed by atoms with Crippen LogP contribution >= 0.6 is 0 Å². The first-order valence-corrected chi connectivity index (χ1v) is 7.28. The molecule has 5 nitrogen and oxygen atoms in total. The topological polar surface area (TPSA) is 65.4 Å². The third kappa shape index (κ3) is 4.20.